The number of benzene rings is 2. The topological polar surface area (TPSA) is 61.8 Å². The number of carbonyl (C=O) groups is 1. The standard InChI is InChI=1S/C20H24N2O3/c23-18-8-6-17(7-9-18)20(24)21-14-19-15-22(12-13-25-19)11-10-16-4-2-1-3-5-16/h1-9,19,23H,10-15H2,(H,21,24)/t19-/m1/s1. The van der Waals surface area contributed by atoms with Crippen LogP contribution in [0.25, 0.3) is 0 Å². The average Bonchev–Trinajstić information content (AvgIpc) is 2.66. The minimum atomic E-state index is -0.148. The molecule has 0 saturated carbocycles. The number of hydrogen-bond donors (Lipinski definition) is 2. The Hall–Kier alpha value is -2.37. The van der Waals surface area contributed by atoms with Gasteiger partial charge in [-0.1, -0.05) is 30.3 Å². The molecule has 132 valence electrons. The summed E-state index contributed by atoms with van der Waals surface area (Å²) in [6, 6.07) is 16.7. The summed E-state index contributed by atoms with van der Waals surface area (Å²) in [6.07, 6.45) is 1.03. The van der Waals surface area contributed by atoms with E-state index >= 15 is 0 Å². The lowest BCUT2D eigenvalue weighted by Gasteiger charge is -2.33. The minimum absolute atomic E-state index is 0.00517. The van der Waals surface area contributed by atoms with Crippen molar-refractivity contribution in [1.82, 2.24) is 10.2 Å². The van der Waals surface area contributed by atoms with Gasteiger partial charge in [-0.25, -0.2) is 0 Å². The molecule has 0 aliphatic carbocycles. The molecule has 1 fully saturated rings. The third-order valence-corrected chi connectivity index (χ3v) is 4.40. The van der Waals surface area contributed by atoms with E-state index in [1.807, 2.05) is 6.07 Å². The van der Waals surface area contributed by atoms with Crippen molar-refractivity contribution in [2.45, 2.75) is 12.5 Å². The zero-order valence-electron chi connectivity index (χ0n) is 14.2. The fourth-order valence-electron chi connectivity index (χ4n) is 2.96. The first-order valence-electron chi connectivity index (χ1n) is 8.66. The fraction of sp³-hybridized carbons (Fsp3) is 0.350. The molecule has 1 atom stereocenters. The molecule has 0 bridgehead atoms. The summed E-state index contributed by atoms with van der Waals surface area (Å²) in [7, 11) is 0. The second-order valence-corrected chi connectivity index (χ2v) is 6.29. The van der Waals surface area contributed by atoms with Crippen molar-refractivity contribution in [1.29, 1.82) is 0 Å². The summed E-state index contributed by atoms with van der Waals surface area (Å²) >= 11 is 0. The van der Waals surface area contributed by atoms with E-state index in [2.05, 4.69) is 34.5 Å². The predicted octanol–water partition coefficient (Wildman–Crippen LogP) is 2.07. The summed E-state index contributed by atoms with van der Waals surface area (Å²) in [5.41, 5.74) is 1.88. The molecule has 2 aromatic carbocycles. The predicted molar refractivity (Wildman–Crippen MR) is 96.8 cm³/mol. The number of hydrogen-bond acceptors (Lipinski definition) is 4. The molecular weight excluding hydrogens is 316 g/mol. The molecule has 2 N–H and O–H groups in total. The SMILES string of the molecule is O=C(NC[C@@H]1CN(CCc2ccccc2)CCO1)c1ccc(O)cc1. The van der Waals surface area contributed by atoms with Gasteiger partial charge >= 0.3 is 0 Å². The van der Waals surface area contributed by atoms with Gasteiger partial charge in [0, 0.05) is 31.7 Å². The number of ether oxygens (including phenoxy) is 1. The number of aromatic hydroxyl groups is 1. The van der Waals surface area contributed by atoms with E-state index in [0.29, 0.717) is 18.7 Å². The van der Waals surface area contributed by atoms with E-state index in [-0.39, 0.29) is 17.8 Å². The summed E-state index contributed by atoms with van der Waals surface area (Å²) < 4.78 is 5.77. The van der Waals surface area contributed by atoms with Crippen LogP contribution in [0.3, 0.4) is 0 Å². The lowest BCUT2D eigenvalue weighted by atomic mass is 10.1. The van der Waals surface area contributed by atoms with Crippen molar-refractivity contribution < 1.29 is 14.6 Å². The van der Waals surface area contributed by atoms with E-state index in [1.54, 1.807) is 12.1 Å². The molecule has 1 saturated heterocycles. The number of nitrogens with zero attached hydrogens (tertiary/aromatic N) is 1. The lowest BCUT2D eigenvalue weighted by Crippen LogP contribution is -2.48. The third-order valence-electron chi connectivity index (χ3n) is 4.40. The van der Waals surface area contributed by atoms with Crippen LogP contribution in [0.4, 0.5) is 0 Å². The highest BCUT2D eigenvalue weighted by Crippen LogP contribution is 2.10. The number of phenols is 1. The van der Waals surface area contributed by atoms with E-state index in [1.165, 1.54) is 17.7 Å². The van der Waals surface area contributed by atoms with Crippen LogP contribution in [0.5, 0.6) is 5.75 Å². The molecule has 5 nitrogen and oxygen atoms in total. The maximum atomic E-state index is 12.1. The Bertz CT molecular complexity index is 673. The smallest absolute Gasteiger partial charge is 0.251 e. The summed E-state index contributed by atoms with van der Waals surface area (Å²) in [5.74, 6) is 0.00577. The second kappa shape index (κ2) is 8.65. The van der Waals surface area contributed by atoms with E-state index in [0.717, 1.165) is 26.1 Å². The largest absolute Gasteiger partial charge is 0.508 e. The van der Waals surface area contributed by atoms with Gasteiger partial charge in [-0.15, -0.1) is 0 Å². The zero-order valence-corrected chi connectivity index (χ0v) is 14.2. The molecule has 2 aromatic rings. The number of nitrogens with one attached hydrogen (secondary N) is 1. The number of morpholine rings is 1. The number of phenolic OH excluding ortho intramolecular Hbond substituents is 1. The van der Waals surface area contributed by atoms with E-state index < -0.39 is 0 Å². The van der Waals surface area contributed by atoms with Crippen LogP contribution in [0.15, 0.2) is 54.6 Å². The minimum Gasteiger partial charge on any atom is -0.508 e. The molecule has 1 amide bonds. The number of amides is 1. The van der Waals surface area contributed by atoms with Gasteiger partial charge in [0.1, 0.15) is 5.75 Å². The van der Waals surface area contributed by atoms with Gasteiger partial charge < -0.3 is 15.2 Å². The van der Waals surface area contributed by atoms with Crippen molar-refractivity contribution in [2.75, 3.05) is 32.8 Å². The molecule has 1 aliphatic rings. The Morgan fingerprint density at radius 1 is 1.16 bits per heavy atom. The number of rotatable bonds is 6. The van der Waals surface area contributed by atoms with Crippen molar-refractivity contribution in [3.63, 3.8) is 0 Å². The van der Waals surface area contributed by atoms with Crippen LogP contribution in [0, 0.1) is 0 Å². The van der Waals surface area contributed by atoms with Gasteiger partial charge in [-0.3, -0.25) is 9.69 Å². The highest BCUT2D eigenvalue weighted by atomic mass is 16.5. The molecule has 1 heterocycles. The van der Waals surface area contributed by atoms with Crippen LogP contribution in [0.1, 0.15) is 15.9 Å². The summed E-state index contributed by atoms with van der Waals surface area (Å²) in [5, 5.41) is 12.2. The van der Waals surface area contributed by atoms with Crippen LogP contribution in [0.2, 0.25) is 0 Å². The molecule has 5 heteroatoms. The van der Waals surface area contributed by atoms with Crippen molar-refractivity contribution in [3.8, 4) is 5.75 Å². The Morgan fingerprint density at radius 2 is 1.92 bits per heavy atom. The Kier molecular flexibility index (Phi) is 6.04. The molecule has 3 rings (SSSR count). The molecule has 25 heavy (non-hydrogen) atoms. The maximum Gasteiger partial charge on any atom is 0.251 e. The number of carbonyl (C=O) groups excluding carboxylic acids is 1. The first-order valence-corrected chi connectivity index (χ1v) is 8.66. The highest BCUT2D eigenvalue weighted by molar-refractivity contribution is 5.94. The average molecular weight is 340 g/mol. The van der Waals surface area contributed by atoms with Crippen molar-refractivity contribution >= 4 is 5.91 Å². The van der Waals surface area contributed by atoms with Crippen LogP contribution in [-0.2, 0) is 11.2 Å². The Balaban J connectivity index is 1.43. The summed E-state index contributed by atoms with van der Waals surface area (Å²) in [4.78, 5) is 14.5. The van der Waals surface area contributed by atoms with Gasteiger partial charge in [-0.05, 0) is 36.2 Å². The van der Waals surface area contributed by atoms with E-state index in [9.17, 15) is 9.90 Å². The third kappa shape index (κ3) is 5.31. The molecular formula is C20H24N2O3. The van der Waals surface area contributed by atoms with Crippen LogP contribution >= 0.6 is 0 Å². The zero-order chi connectivity index (χ0) is 17.5. The summed E-state index contributed by atoms with van der Waals surface area (Å²) in [6.45, 7) is 3.92. The van der Waals surface area contributed by atoms with Crippen LogP contribution < -0.4 is 5.32 Å². The first-order chi connectivity index (χ1) is 12.2. The van der Waals surface area contributed by atoms with Gasteiger partial charge in [0.05, 0.1) is 12.7 Å². The van der Waals surface area contributed by atoms with Gasteiger partial charge in [0.15, 0.2) is 0 Å². The molecule has 1 aliphatic heterocycles. The molecule has 0 spiro atoms. The van der Waals surface area contributed by atoms with E-state index in [4.69, 9.17) is 4.74 Å². The van der Waals surface area contributed by atoms with Crippen LogP contribution in [-0.4, -0.2) is 54.8 Å². The first kappa shape index (κ1) is 17.5. The molecule has 0 unspecified atom stereocenters. The maximum absolute atomic E-state index is 12.1. The molecule has 0 aromatic heterocycles. The van der Waals surface area contributed by atoms with Crippen molar-refractivity contribution in [3.05, 3.63) is 65.7 Å². The van der Waals surface area contributed by atoms with Gasteiger partial charge in [0.25, 0.3) is 5.91 Å². The Labute approximate surface area is 148 Å². The van der Waals surface area contributed by atoms with Gasteiger partial charge in [-0.2, -0.15) is 0 Å². The molecule has 0 radical (unpaired) electrons. The van der Waals surface area contributed by atoms with Crippen molar-refractivity contribution in [2.24, 2.45) is 0 Å². The lowest BCUT2D eigenvalue weighted by molar-refractivity contribution is -0.0259. The normalized spacial score (nSPS) is 18.0. The second-order valence-electron chi connectivity index (χ2n) is 6.29. The fourth-order valence-corrected chi connectivity index (χ4v) is 2.96. The monoisotopic (exact) mass is 340 g/mol. The quantitative estimate of drug-likeness (QED) is 0.845. The Morgan fingerprint density at radius 3 is 2.68 bits per heavy atom. The van der Waals surface area contributed by atoms with Gasteiger partial charge in [0.2, 0.25) is 0 Å². The highest BCUT2D eigenvalue weighted by Gasteiger charge is 2.21.